The fourth-order valence-electron chi connectivity index (χ4n) is 3.59. The zero-order valence-corrected chi connectivity index (χ0v) is 17.4. The number of anilines is 1. The molecule has 1 aromatic heterocycles. The molecule has 2 N–H and O–H groups in total. The Morgan fingerprint density at radius 1 is 1.30 bits per heavy atom. The van der Waals surface area contributed by atoms with Crippen molar-refractivity contribution in [2.75, 3.05) is 38.7 Å². The lowest BCUT2D eigenvalue weighted by Gasteiger charge is -2.17. The van der Waals surface area contributed by atoms with Crippen molar-refractivity contribution >= 4 is 11.6 Å². The number of rotatable bonds is 9. The number of terminal acetylenes is 1. The average molecular weight is 409 g/mol. The second-order valence-electron chi connectivity index (χ2n) is 7.50. The maximum absolute atomic E-state index is 12.2. The Kier molecular flexibility index (Phi) is 7.77. The van der Waals surface area contributed by atoms with Gasteiger partial charge in [0.05, 0.1) is 31.9 Å². The number of H-pyrrole nitrogens is 1. The van der Waals surface area contributed by atoms with Crippen molar-refractivity contribution in [1.29, 1.82) is 0 Å². The van der Waals surface area contributed by atoms with E-state index in [4.69, 9.17) is 11.2 Å². The molecule has 0 spiro atoms. The van der Waals surface area contributed by atoms with Gasteiger partial charge in [-0.05, 0) is 50.4 Å². The Balaban J connectivity index is 1.57. The van der Waals surface area contributed by atoms with Crippen molar-refractivity contribution in [3.05, 3.63) is 45.7 Å². The molecule has 1 amide bonds. The standard InChI is InChI=1S/C23H28N4O3/c1-3-12-27(2)13-15-30-14-11-21(28)24-18-8-6-7-17(16-18)22-19-9-4-5-10-20(19)23(29)26-25-22/h1,6-8,16H,4-5,9-15H2,2H3,(H,24,28)(H,26,29). The number of amides is 1. The lowest BCUT2D eigenvalue weighted by molar-refractivity contribution is -0.117. The van der Waals surface area contributed by atoms with Crippen LogP contribution in [0.15, 0.2) is 29.1 Å². The summed E-state index contributed by atoms with van der Waals surface area (Å²) >= 11 is 0. The van der Waals surface area contributed by atoms with Gasteiger partial charge >= 0.3 is 0 Å². The van der Waals surface area contributed by atoms with Crippen molar-refractivity contribution in [3.63, 3.8) is 0 Å². The SMILES string of the molecule is C#CCN(C)CCOCCC(=O)Nc1cccc(-c2n[nH]c(=O)c3c2CCCC3)c1. The van der Waals surface area contributed by atoms with Crippen molar-refractivity contribution in [2.24, 2.45) is 0 Å². The summed E-state index contributed by atoms with van der Waals surface area (Å²) < 4.78 is 5.51. The largest absolute Gasteiger partial charge is 0.380 e. The number of carbonyl (C=O) groups is 1. The highest BCUT2D eigenvalue weighted by Gasteiger charge is 2.19. The third-order valence-corrected chi connectivity index (χ3v) is 5.17. The Bertz CT molecular complexity index is 977. The van der Waals surface area contributed by atoms with Crippen LogP contribution in [0.3, 0.4) is 0 Å². The fraction of sp³-hybridized carbons (Fsp3) is 0.435. The topological polar surface area (TPSA) is 87.3 Å². The molecule has 1 aliphatic rings. The molecular weight excluding hydrogens is 380 g/mol. The molecule has 3 rings (SSSR count). The first kappa shape index (κ1) is 21.8. The monoisotopic (exact) mass is 408 g/mol. The lowest BCUT2D eigenvalue weighted by atomic mass is 9.90. The molecule has 158 valence electrons. The number of fused-ring (bicyclic) bond motifs is 1. The van der Waals surface area contributed by atoms with Crippen molar-refractivity contribution in [2.45, 2.75) is 32.1 Å². The number of aromatic amines is 1. The quantitative estimate of drug-likeness (QED) is 0.491. The molecule has 1 aromatic carbocycles. The number of ether oxygens (including phenoxy) is 1. The van der Waals surface area contributed by atoms with Crippen LogP contribution in [0.4, 0.5) is 5.69 Å². The molecule has 0 bridgehead atoms. The zero-order chi connectivity index (χ0) is 21.3. The molecule has 0 aliphatic heterocycles. The maximum Gasteiger partial charge on any atom is 0.267 e. The summed E-state index contributed by atoms with van der Waals surface area (Å²) in [5, 5.41) is 9.82. The Morgan fingerprint density at radius 2 is 2.10 bits per heavy atom. The predicted molar refractivity (Wildman–Crippen MR) is 117 cm³/mol. The third kappa shape index (κ3) is 5.78. The fourth-order valence-corrected chi connectivity index (χ4v) is 3.59. The summed E-state index contributed by atoms with van der Waals surface area (Å²) in [6, 6.07) is 7.56. The summed E-state index contributed by atoms with van der Waals surface area (Å²) in [5.41, 5.74) is 4.14. The molecule has 0 fully saturated rings. The van der Waals surface area contributed by atoms with Gasteiger partial charge in [0.15, 0.2) is 0 Å². The van der Waals surface area contributed by atoms with Gasteiger partial charge in [0.1, 0.15) is 0 Å². The van der Waals surface area contributed by atoms with Gasteiger partial charge in [0, 0.05) is 23.4 Å². The first-order chi connectivity index (χ1) is 14.6. The summed E-state index contributed by atoms with van der Waals surface area (Å²) in [6.45, 7) is 2.19. The first-order valence-electron chi connectivity index (χ1n) is 10.3. The van der Waals surface area contributed by atoms with Crippen molar-refractivity contribution in [3.8, 4) is 23.6 Å². The van der Waals surface area contributed by atoms with E-state index < -0.39 is 0 Å². The molecule has 1 aliphatic carbocycles. The van der Waals surface area contributed by atoms with Crippen LogP contribution < -0.4 is 10.9 Å². The van der Waals surface area contributed by atoms with E-state index in [2.05, 4.69) is 21.4 Å². The molecule has 7 nitrogen and oxygen atoms in total. The summed E-state index contributed by atoms with van der Waals surface area (Å²) in [4.78, 5) is 26.3. The molecule has 0 atom stereocenters. The van der Waals surface area contributed by atoms with Gasteiger partial charge in [-0.25, -0.2) is 5.10 Å². The number of carbonyl (C=O) groups excluding carboxylic acids is 1. The summed E-state index contributed by atoms with van der Waals surface area (Å²) in [6.07, 6.45) is 9.25. The number of aromatic nitrogens is 2. The van der Waals surface area contributed by atoms with Gasteiger partial charge < -0.3 is 10.1 Å². The van der Waals surface area contributed by atoms with Crippen LogP contribution in [0.5, 0.6) is 0 Å². The summed E-state index contributed by atoms with van der Waals surface area (Å²) in [5.74, 6) is 2.46. The van der Waals surface area contributed by atoms with E-state index in [1.54, 1.807) is 0 Å². The van der Waals surface area contributed by atoms with Crippen LogP contribution in [0.2, 0.25) is 0 Å². The van der Waals surface area contributed by atoms with Gasteiger partial charge in [-0.2, -0.15) is 5.10 Å². The molecule has 0 radical (unpaired) electrons. The van der Waals surface area contributed by atoms with E-state index in [0.717, 1.165) is 54.6 Å². The van der Waals surface area contributed by atoms with Crippen LogP contribution >= 0.6 is 0 Å². The Labute approximate surface area is 176 Å². The second kappa shape index (κ2) is 10.7. The Hall–Kier alpha value is -2.95. The highest BCUT2D eigenvalue weighted by Crippen LogP contribution is 2.29. The highest BCUT2D eigenvalue weighted by molar-refractivity contribution is 5.91. The van der Waals surface area contributed by atoms with Gasteiger partial charge in [0.2, 0.25) is 5.91 Å². The van der Waals surface area contributed by atoms with Crippen LogP contribution in [0.25, 0.3) is 11.3 Å². The number of likely N-dealkylation sites (N-methyl/N-ethyl adjacent to an activating group) is 1. The number of benzene rings is 1. The van der Waals surface area contributed by atoms with E-state index >= 15 is 0 Å². The number of nitrogens with one attached hydrogen (secondary N) is 2. The predicted octanol–water partition coefficient (Wildman–Crippen LogP) is 2.23. The van der Waals surface area contributed by atoms with Gasteiger partial charge in [-0.15, -0.1) is 6.42 Å². The van der Waals surface area contributed by atoms with E-state index in [1.807, 2.05) is 36.2 Å². The Morgan fingerprint density at radius 3 is 2.90 bits per heavy atom. The number of nitrogens with zero attached hydrogens (tertiary/aromatic N) is 2. The van der Waals surface area contributed by atoms with E-state index in [-0.39, 0.29) is 17.9 Å². The molecular formula is C23H28N4O3. The average Bonchev–Trinajstić information content (AvgIpc) is 2.74. The smallest absolute Gasteiger partial charge is 0.267 e. The highest BCUT2D eigenvalue weighted by atomic mass is 16.5. The second-order valence-corrected chi connectivity index (χ2v) is 7.50. The van der Waals surface area contributed by atoms with Crippen LogP contribution in [0.1, 0.15) is 30.4 Å². The van der Waals surface area contributed by atoms with Crippen molar-refractivity contribution in [1.82, 2.24) is 15.1 Å². The molecule has 0 saturated carbocycles. The minimum Gasteiger partial charge on any atom is -0.380 e. The normalized spacial score (nSPS) is 13.0. The van der Waals surface area contributed by atoms with Gasteiger partial charge in [-0.3, -0.25) is 14.5 Å². The maximum atomic E-state index is 12.2. The van der Waals surface area contributed by atoms with Crippen LogP contribution in [0, 0.1) is 12.3 Å². The lowest BCUT2D eigenvalue weighted by Crippen LogP contribution is -2.24. The molecule has 1 heterocycles. The van der Waals surface area contributed by atoms with E-state index in [0.29, 0.717) is 25.4 Å². The molecule has 0 unspecified atom stereocenters. The minimum absolute atomic E-state index is 0.0941. The zero-order valence-electron chi connectivity index (χ0n) is 17.4. The van der Waals surface area contributed by atoms with Crippen molar-refractivity contribution < 1.29 is 9.53 Å². The van der Waals surface area contributed by atoms with Gasteiger partial charge in [0.25, 0.3) is 5.56 Å². The number of hydrogen-bond acceptors (Lipinski definition) is 5. The van der Waals surface area contributed by atoms with Gasteiger partial charge in [-0.1, -0.05) is 18.1 Å². The molecule has 7 heteroatoms. The summed E-state index contributed by atoms with van der Waals surface area (Å²) in [7, 11) is 1.93. The van der Waals surface area contributed by atoms with Crippen LogP contribution in [-0.4, -0.2) is 54.4 Å². The van der Waals surface area contributed by atoms with E-state index in [1.165, 1.54) is 0 Å². The molecule has 0 saturated heterocycles. The molecule has 2 aromatic rings. The minimum atomic E-state index is -0.111. The number of hydrogen-bond donors (Lipinski definition) is 2. The van der Waals surface area contributed by atoms with E-state index in [9.17, 15) is 9.59 Å². The third-order valence-electron chi connectivity index (χ3n) is 5.17. The molecule has 30 heavy (non-hydrogen) atoms. The first-order valence-corrected chi connectivity index (χ1v) is 10.3. The van der Waals surface area contributed by atoms with Crippen LogP contribution in [-0.2, 0) is 22.4 Å².